The molecule has 0 spiro atoms. The van der Waals surface area contributed by atoms with Crippen LogP contribution in [0.2, 0.25) is 0 Å². The zero-order chi connectivity index (χ0) is 11.9. The van der Waals surface area contributed by atoms with Crippen molar-refractivity contribution in [1.29, 1.82) is 0 Å². The summed E-state index contributed by atoms with van der Waals surface area (Å²) in [6.07, 6.45) is 8.85. The van der Waals surface area contributed by atoms with E-state index in [4.69, 9.17) is 5.11 Å². The van der Waals surface area contributed by atoms with Crippen LogP contribution in [0.15, 0.2) is 0 Å². The Morgan fingerprint density at radius 1 is 1.31 bits per heavy atom. The normalized spacial score (nSPS) is 18.8. The van der Waals surface area contributed by atoms with E-state index in [0.717, 1.165) is 25.9 Å². The lowest BCUT2D eigenvalue weighted by Crippen LogP contribution is -2.32. The van der Waals surface area contributed by atoms with Crippen LogP contribution in [0.5, 0.6) is 0 Å². The van der Waals surface area contributed by atoms with Crippen molar-refractivity contribution in [1.82, 2.24) is 5.32 Å². The summed E-state index contributed by atoms with van der Waals surface area (Å²) in [5, 5.41) is 12.0. The zero-order valence-corrected chi connectivity index (χ0v) is 10.4. The molecule has 0 saturated heterocycles. The summed E-state index contributed by atoms with van der Waals surface area (Å²) in [5.74, 6) is -0.680. The van der Waals surface area contributed by atoms with Gasteiger partial charge in [-0.15, -0.1) is 0 Å². The van der Waals surface area contributed by atoms with Gasteiger partial charge in [-0.3, -0.25) is 4.79 Å². The molecule has 1 aliphatic carbocycles. The molecule has 0 heterocycles. The summed E-state index contributed by atoms with van der Waals surface area (Å²) in [7, 11) is 0. The highest BCUT2D eigenvalue weighted by molar-refractivity contribution is 5.66. The highest BCUT2D eigenvalue weighted by Crippen LogP contribution is 2.40. The molecule has 1 saturated carbocycles. The monoisotopic (exact) mass is 227 g/mol. The molecule has 16 heavy (non-hydrogen) atoms. The van der Waals surface area contributed by atoms with E-state index in [1.807, 2.05) is 0 Å². The van der Waals surface area contributed by atoms with Gasteiger partial charge in [0, 0.05) is 13.0 Å². The first kappa shape index (κ1) is 13.5. The minimum absolute atomic E-state index is 0.306. The van der Waals surface area contributed by atoms with Crippen LogP contribution >= 0.6 is 0 Å². The van der Waals surface area contributed by atoms with Crippen LogP contribution < -0.4 is 5.32 Å². The Kier molecular flexibility index (Phi) is 5.81. The number of rotatable bonds is 8. The van der Waals surface area contributed by atoms with Crippen molar-refractivity contribution >= 4 is 5.97 Å². The molecule has 0 aliphatic heterocycles. The van der Waals surface area contributed by atoms with E-state index in [9.17, 15) is 4.79 Å². The minimum Gasteiger partial charge on any atom is -0.481 e. The van der Waals surface area contributed by atoms with Crippen LogP contribution in [-0.4, -0.2) is 24.2 Å². The SMILES string of the molecule is CCC1(CNCCCCC(=O)O)CCCC1. The molecule has 3 heteroatoms. The predicted octanol–water partition coefficient (Wildman–Crippen LogP) is 2.80. The Hall–Kier alpha value is -0.570. The molecule has 0 amide bonds. The van der Waals surface area contributed by atoms with Crippen LogP contribution in [0, 0.1) is 5.41 Å². The number of carboxylic acids is 1. The predicted molar refractivity (Wildman–Crippen MR) is 65.5 cm³/mol. The Morgan fingerprint density at radius 3 is 2.56 bits per heavy atom. The summed E-state index contributed by atoms with van der Waals surface area (Å²) in [6, 6.07) is 0. The van der Waals surface area contributed by atoms with Gasteiger partial charge in [0.1, 0.15) is 0 Å². The molecule has 3 nitrogen and oxygen atoms in total. The highest BCUT2D eigenvalue weighted by atomic mass is 16.4. The third-order valence-corrected chi connectivity index (χ3v) is 3.91. The van der Waals surface area contributed by atoms with Crippen molar-refractivity contribution in [2.75, 3.05) is 13.1 Å². The topological polar surface area (TPSA) is 49.3 Å². The van der Waals surface area contributed by atoms with Gasteiger partial charge in [0.05, 0.1) is 0 Å². The summed E-state index contributed by atoms with van der Waals surface area (Å²) < 4.78 is 0. The second-order valence-corrected chi connectivity index (χ2v) is 5.09. The van der Waals surface area contributed by atoms with Gasteiger partial charge >= 0.3 is 5.97 Å². The average molecular weight is 227 g/mol. The smallest absolute Gasteiger partial charge is 0.303 e. The first-order valence-corrected chi connectivity index (χ1v) is 6.61. The standard InChI is InChI=1S/C13H25NO2/c1-2-13(8-4-5-9-13)11-14-10-6-3-7-12(15)16/h14H,2-11H2,1H3,(H,15,16). The lowest BCUT2D eigenvalue weighted by molar-refractivity contribution is -0.137. The molecular weight excluding hydrogens is 202 g/mol. The zero-order valence-electron chi connectivity index (χ0n) is 10.4. The lowest BCUT2D eigenvalue weighted by atomic mass is 9.83. The van der Waals surface area contributed by atoms with E-state index >= 15 is 0 Å². The van der Waals surface area contributed by atoms with E-state index in [2.05, 4.69) is 12.2 Å². The minimum atomic E-state index is -0.680. The molecule has 1 aliphatic rings. The van der Waals surface area contributed by atoms with Gasteiger partial charge in [0.15, 0.2) is 0 Å². The third kappa shape index (κ3) is 4.52. The first-order chi connectivity index (χ1) is 7.68. The molecule has 0 aromatic carbocycles. The maximum atomic E-state index is 10.3. The Balaban J connectivity index is 2.03. The number of hydrogen-bond donors (Lipinski definition) is 2. The van der Waals surface area contributed by atoms with Crippen molar-refractivity contribution in [3.8, 4) is 0 Å². The molecule has 0 bridgehead atoms. The van der Waals surface area contributed by atoms with Crippen LogP contribution in [0.25, 0.3) is 0 Å². The van der Waals surface area contributed by atoms with E-state index in [0.29, 0.717) is 11.8 Å². The van der Waals surface area contributed by atoms with E-state index < -0.39 is 5.97 Å². The van der Waals surface area contributed by atoms with Gasteiger partial charge in [-0.2, -0.15) is 0 Å². The second-order valence-electron chi connectivity index (χ2n) is 5.09. The molecule has 94 valence electrons. The Bertz CT molecular complexity index is 210. The average Bonchev–Trinajstić information content (AvgIpc) is 2.72. The summed E-state index contributed by atoms with van der Waals surface area (Å²) in [4.78, 5) is 10.3. The summed E-state index contributed by atoms with van der Waals surface area (Å²) >= 11 is 0. The van der Waals surface area contributed by atoms with Crippen molar-refractivity contribution in [2.45, 2.75) is 58.3 Å². The van der Waals surface area contributed by atoms with Gasteiger partial charge < -0.3 is 10.4 Å². The molecule has 0 aromatic rings. The molecule has 1 fully saturated rings. The number of aliphatic carboxylic acids is 1. The highest BCUT2D eigenvalue weighted by Gasteiger charge is 2.31. The number of hydrogen-bond acceptors (Lipinski definition) is 2. The maximum Gasteiger partial charge on any atom is 0.303 e. The molecular formula is C13H25NO2. The van der Waals surface area contributed by atoms with Gasteiger partial charge in [0.25, 0.3) is 0 Å². The molecule has 1 rings (SSSR count). The van der Waals surface area contributed by atoms with Crippen molar-refractivity contribution < 1.29 is 9.90 Å². The van der Waals surface area contributed by atoms with Gasteiger partial charge in [-0.1, -0.05) is 19.8 Å². The Morgan fingerprint density at radius 2 is 2.00 bits per heavy atom. The first-order valence-electron chi connectivity index (χ1n) is 6.61. The molecule has 0 unspecified atom stereocenters. The van der Waals surface area contributed by atoms with Crippen molar-refractivity contribution in [2.24, 2.45) is 5.41 Å². The molecule has 0 atom stereocenters. The maximum absolute atomic E-state index is 10.3. The number of nitrogens with one attached hydrogen (secondary N) is 1. The largest absolute Gasteiger partial charge is 0.481 e. The van der Waals surface area contributed by atoms with E-state index in [1.54, 1.807) is 0 Å². The van der Waals surface area contributed by atoms with Crippen molar-refractivity contribution in [3.63, 3.8) is 0 Å². The number of carbonyl (C=O) groups is 1. The van der Waals surface area contributed by atoms with Gasteiger partial charge in [-0.25, -0.2) is 0 Å². The van der Waals surface area contributed by atoms with Gasteiger partial charge in [0.2, 0.25) is 0 Å². The fourth-order valence-electron chi connectivity index (χ4n) is 2.66. The van der Waals surface area contributed by atoms with E-state index in [-0.39, 0.29) is 0 Å². The lowest BCUT2D eigenvalue weighted by Gasteiger charge is -2.27. The number of unbranched alkanes of at least 4 members (excludes halogenated alkanes) is 1. The fraction of sp³-hybridized carbons (Fsp3) is 0.923. The van der Waals surface area contributed by atoms with Crippen LogP contribution in [0.1, 0.15) is 58.3 Å². The molecule has 0 aromatic heterocycles. The summed E-state index contributed by atoms with van der Waals surface area (Å²) in [6.45, 7) is 4.38. The second kappa shape index (κ2) is 6.89. The quantitative estimate of drug-likeness (QED) is 0.627. The van der Waals surface area contributed by atoms with Gasteiger partial charge in [-0.05, 0) is 44.1 Å². The Labute approximate surface area is 98.6 Å². The fourth-order valence-corrected chi connectivity index (χ4v) is 2.66. The molecule has 2 N–H and O–H groups in total. The molecule has 0 radical (unpaired) electrons. The summed E-state index contributed by atoms with van der Waals surface area (Å²) in [5.41, 5.74) is 0.548. The van der Waals surface area contributed by atoms with Crippen LogP contribution in [0.3, 0.4) is 0 Å². The van der Waals surface area contributed by atoms with Crippen molar-refractivity contribution in [3.05, 3.63) is 0 Å². The third-order valence-electron chi connectivity index (χ3n) is 3.91. The van der Waals surface area contributed by atoms with Crippen LogP contribution in [0.4, 0.5) is 0 Å². The van der Waals surface area contributed by atoms with Crippen LogP contribution in [-0.2, 0) is 4.79 Å². The number of carboxylic acid groups (broad SMARTS) is 1. The van der Waals surface area contributed by atoms with E-state index in [1.165, 1.54) is 32.1 Å².